The average molecular weight is 1500 g/mol. The number of aliphatic hydroxyl groups excluding tert-OH is 3. The number of aromatic carboxylic acids is 1. The van der Waals surface area contributed by atoms with Crippen molar-refractivity contribution in [2.75, 3.05) is 98.7 Å². The number of methoxy groups -OCH3 is 2. The largest absolute Gasteiger partial charge is 0.545 e. The van der Waals surface area contributed by atoms with Crippen molar-refractivity contribution >= 4 is 80.6 Å². The van der Waals surface area contributed by atoms with E-state index in [2.05, 4.69) is 52.0 Å². The van der Waals surface area contributed by atoms with Gasteiger partial charge in [-0.3, -0.25) is 29.2 Å². The highest BCUT2D eigenvalue weighted by atomic mass is 16.7. The molecule has 0 radical (unpaired) electrons. The van der Waals surface area contributed by atoms with Crippen molar-refractivity contribution in [3.8, 4) is 33.9 Å². The first-order valence-electron chi connectivity index (χ1n) is 35.5. The Bertz CT molecular complexity index is 4580. The van der Waals surface area contributed by atoms with Gasteiger partial charge in [0.15, 0.2) is 6.29 Å². The van der Waals surface area contributed by atoms with E-state index < -0.39 is 71.1 Å². The number of benzene rings is 6. The molecule has 6 aromatic rings. The Kier molecular flexibility index (Phi) is 28.8. The topological polar surface area (TPSA) is 419 Å². The molecule has 0 saturated carbocycles. The van der Waals surface area contributed by atoms with Gasteiger partial charge in [-0.15, -0.1) is 15.3 Å². The van der Waals surface area contributed by atoms with Crippen LogP contribution in [0.2, 0.25) is 0 Å². The normalized spacial score (nSPS) is 16.1. The van der Waals surface area contributed by atoms with E-state index in [1.165, 1.54) is 50.6 Å². The third kappa shape index (κ3) is 22.8. The van der Waals surface area contributed by atoms with Crippen molar-refractivity contribution in [2.24, 2.45) is 20.5 Å². The minimum atomic E-state index is -1.62. The zero-order valence-corrected chi connectivity index (χ0v) is 62.5. The molecule has 7 N–H and O–H groups in total. The lowest BCUT2D eigenvalue weighted by atomic mass is 9.89. The molecule has 6 atom stereocenters. The molecule has 109 heavy (non-hydrogen) atoms. The highest BCUT2D eigenvalue weighted by Crippen LogP contribution is 2.44. The third-order valence-electron chi connectivity index (χ3n) is 17.6. The average Bonchev–Trinajstić information content (AvgIpc) is 0.790. The quantitative estimate of drug-likeness (QED) is 0.00492. The zero-order chi connectivity index (χ0) is 78.5. The first-order chi connectivity index (χ1) is 52.2. The van der Waals surface area contributed by atoms with Crippen molar-refractivity contribution < 1.29 is 82.2 Å². The van der Waals surface area contributed by atoms with Crippen LogP contribution in [0.15, 0.2) is 146 Å². The van der Waals surface area contributed by atoms with Crippen LogP contribution in [-0.2, 0) is 41.7 Å². The fraction of sp³-hybridized carbons (Fsp3) is 0.421. The van der Waals surface area contributed by atoms with E-state index >= 15 is 0 Å². The Morgan fingerprint density at radius 1 is 0.734 bits per heavy atom. The summed E-state index contributed by atoms with van der Waals surface area (Å²) in [5.41, 5.74) is 4.79. The molecule has 4 amide bonds. The van der Waals surface area contributed by atoms with Gasteiger partial charge in [-0.2, -0.15) is 10.2 Å². The van der Waals surface area contributed by atoms with Gasteiger partial charge in [0.05, 0.1) is 68.6 Å². The lowest BCUT2D eigenvalue weighted by molar-refractivity contribution is -0.384. The second-order valence-electron chi connectivity index (χ2n) is 27.3. The maximum Gasteiger partial charge on any atom is 0.407 e. The number of azo groups is 2. The van der Waals surface area contributed by atoms with Crippen LogP contribution in [-0.4, -0.2) is 196 Å². The summed E-state index contributed by atoms with van der Waals surface area (Å²) in [5.74, 6) is -1.69. The number of rotatable bonds is 36. The Hall–Kier alpha value is -11.4. The van der Waals surface area contributed by atoms with Gasteiger partial charge in [-0.25, -0.2) is 9.37 Å². The van der Waals surface area contributed by atoms with Crippen LogP contribution in [0.4, 0.5) is 44.6 Å². The molecule has 1 fully saturated rings. The molecular formula is C76H93N15O18. The van der Waals surface area contributed by atoms with Crippen molar-refractivity contribution in [1.82, 2.24) is 40.8 Å². The van der Waals surface area contributed by atoms with Crippen LogP contribution < -0.4 is 55.6 Å². The molecule has 33 nitrogen and oxygen atoms in total. The molecule has 580 valence electrons. The fourth-order valence-electron chi connectivity index (χ4n) is 11.7. The molecular weight excluding hydrogens is 1410 g/mol. The number of carbonyl (C=O) groups excluding carboxylic acids is 5. The number of alkyl carbamates (subject to hydrolysis) is 1. The summed E-state index contributed by atoms with van der Waals surface area (Å²) in [6.45, 7) is 6.51. The van der Waals surface area contributed by atoms with Gasteiger partial charge in [-0.1, -0.05) is 11.3 Å². The van der Waals surface area contributed by atoms with E-state index in [4.69, 9.17) is 32.8 Å². The van der Waals surface area contributed by atoms with Crippen LogP contribution in [0.3, 0.4) is 0 Å². The number of nitro benzene ring substituents is 1. The minimum absolute atomic E-state index is 0.0276. The molecule has 9 rings (SSSR count). The van der Waals surface area contributed by atoms with Gasteiger partial charge >= 0.3 is 6.09 Å². The first kappa shape index (κ1) is 81.7. The first-order valence-corrected chi connectivity index (χ1v) is 35.5. The molecule has 0 unspecified atom stereocenters. The number of nitro groups is 1. The minimum Gasteiger partial charge on any atom is -0.545 e. The number of aryl methyl sites for hydroxylation is 1. The highest BCUT2D eigenvalue weighted by Gasteiger charge is 2.44. The van der Waals surface area contributed by atoms with Crippen molar-refractivity contribution in [1.29, 1.82) is 0 Å². The number of carboxylic acids is 1. The van der Waals surface area contributed by atoms with E-state index in [9.17, 15) is 54.5 Å². The van der Waals surface area contributed by atoms with Crippen LogP contribution >= 0.6 is 0 Å². The van der Waals surface area contributed by atoms with Gasteiger partial charge in [0.1, 0.15) is 90.1 Å². The molecule has 1 aliphatic carbocycles. The highest BCUT2D eigenvalue weighted by molar-refractivity contribution is 6.09. The van der Waals surface area contributed by atoms with Gasteiger partial charge in [0.2, 0.25) is 17.2 Å². The maximum atomic E-state index is 14.2. The molecule has 0 bridgehead atoms. The number of ether oxygens (including phenoxy) is 6. The van der Waals surface area contributed by atoms with Crippen LogP contribution in [0.5, 0.6) is 11.5 Å². The Balaban J connectivity index is 0.699. The number of fused-ring (bicyclic) bond motifs is 2. The van der Waals surface area contributed by atoms with Crippen LogP contribution in [0.1, 0.15) is 92.1 Å². The summed E-state index contributed by atoms with van der Waals surface area (Å²) in [4.78, 5) is 80.8. The molecule has 33 heteroatoms. The van der Waals surface area contributed by atoms with Crippen LogP contribution in [0.25, 0.3) is 33.4 Å². The number of hydrogen-bond acceptors (Lipinski definition) is 26. The van der Waals surface area contributed by atoms with E-state index in [0.29, 0.717) is 119 Å². The summed E-state index contributed by atoms with van der Waals surface area (Å²) < 4.78 is 43.7. The molecule has 1 saturated heterocycles. The van der Waals surface area contributed by atoms with E-state index in [0.717, 1.165) is 16.7 Å². The monoisotopic (exact) mass is 1500 g/mol. The molecule has 2 aliphatic heterocycles. The molecule has 1 aromatic heterocycles. The predicted octanol–water partition coefficient (Wildman–Crippen LogP) is 7.78. The number of amides is 4. The molecule has 3 aliphatic rings. The summed E-state index contributed by atoms with van der Waals surface area (Å²) in [5, 5.41) is 94.6. The number of aliphatic hydroxyl groups is 3. The van der Waals surface area contributed by atoms with Crippen molar-refractivity contribution in [3.05, 3.63) is 154 Å². The Labute approximate surface area is 629 Å². The number of carboxylic acid groups (broad SMARTS) is 1. The number of non-ortho nitro benzene ring substituents is 1. The third-order valence-corrected chi connectivity index (χ3v) is 17.6. The molecule has 3 heterocycles. The number of anilines is 2. The SMILES string of the molecule is COc1cc(/N=N/c2ccc([N+](=O)[O-])cc2)c(OC)cc1/N=N/c1ccc(N(C)CCCC(=O)NCCCO[C@@H]2O[C@H](COCc3cn(CCCNC(=O)[C@H](CCCCNC(=O)OC(C)(C)C)NC(=O)c4ccc(-c5c6ccc(=[N+](C)C)cc-6oc6cc(N(C)C)ccc56)c(C(=O)[O-])c4)nn3)[C@@H](O)[C@H](O)[C@H]2O)cc1. The van der Waals surface area contributed by atoms with Gasteiger partial charge in [-0.05, 0) is 132 Å². The molecule has 5 aromatic carbocycles. The number of aromatic nitrogens is 3. The Morgan fingerprint density at radius 2 is 1.39 bits per heavy atom. The Morgan fingerprint density at radius 3 is 2.05 bits per heavy atom. The molecule has 0 spiro atoms. The van der Waals surface area contributed by atoms with Crippen molar-refractivity contribution in [2.45, 2.75) is 121 Å². The van der Waals surface area contributed by atoms with Crippen molar-refractivity contribution in [3.63, 3.8) is 0 Å². The van der Waals surface area contributed by atoms with Gasteiger partial charge in [0, 0.05) is 136 Å². The predicted molar refractivity (Wildman–Crippen MR) is 401 cm³/mol. The second-order valence-corrected chi connectivity index (χ2v) is 27.3. The maximum absolute atomic E-state index is 14.2. The van der Waals surface area contributed by atoms with Crippen LogP contribution in [0, 0.1) is 10.1 Å². The number of unbranched alkanes of at least 4 members (excludes halogenated alkanes) is 1. The number of carbonyl (C=O) groups is 5. The fourth-order valence-corrected chi connectivity index (χ4v) is 11.7. The standard InChI is InChI=1S/C76H93N15O18/c1-76(2,3)109-75(100)79-32-12-11-16-58(80-71(96)46-18-29-54(57(38-46)73(98)99)67-55-30-27-52(87(4)5)39-61(55)107-62-40-53(88(6)7)28-31-56(62)67)72(97)78-33-14-36-90-43-49(83-86-90)44-105-45-65-68(93)69(94)70(95)74(108-65)106-37-15-34-77-66(92)17-13-35-89(8)50-23-19-47(20-24-50)81-84-59-41-64(104-10)60(42-63(59)103-9)85-82-48-21-25-51(26-22-48)91(101)102/h18-31,38-43,58,65,68-70,74,93-95H,11-17,32-37,44-45H2,1-10H3,(H4-,77,78,79,80,92,96,97,98,99,100)/b84-81+,85-82+/t58-,65+,68+,69-,70+,74+/m0/s1. The lowest BCUT2D eigenvalue weighted by Crippen LogP contribution is -2.59. The van der Waals surface area contributed by atoms with E-state index in [1.54, 1.807) is 62.0 Å². The number of nitrogens with one attached hydrogen (secondary N) is 4. The summed E-state index contributed by atoms with van der Waals surface area (Å²) in [6, 6.07) is 30.7. The number of hydrogen-bond donors (Lipinski definition) is 7. The summed E-state index contributed by atoms with van der Waals surface area (Å²) in [7, 11) is 12.5. The van der Waals surface area contributed by atoms with Gasteiger partial charge < -0.3 is 89.1 Å². The summed E-state index contributed by atoms with van der Waals surface area (Å²) in [6.07, 6.45) is -3.60. The summed E-state index contributed by atoms with van der Waals surface area (Å²) >= 11 is 0. The number of nitrogens with zero attached hydrogens (tertiary/aromatic N) is 11. The zero-order valence-electron chi connectivity index (χ0n) is 62.5. The van der Waals surface area contributed by atoms with E-state index in [1.807, 2.05) is 98.1 Å². The van der Waals surface area contributed by atoms with Gasteiger partial charge in [0.25, 0.3) is 11.6 Å². The lowest BCUT2D eigenvalue weighted by Gasteiger charge is -2.40. The second kappa shape index (κ2) is 38.4. The smallest absolute Gasteiger partial charge is 0.407 e. The van der Waals surface area contributed by atoms with E-state index in [-0.39, 0.29) is 75.0 Å².